The molecule has 8 nitrogen and oxygen atoms in total. The molecular weight excluding hydrogens is 308 g/mol. The Labute approximate surface area is 130 Å². The highest BCUT2D eigenvalue weighted by Gasteiger charge is 2.28. The normalized spacial score (nSPS) is 21.7. The number of rotatable bonds is 4. The summed E-state index contributed by atoms with van der Waals surface area (Å²) in [5, 5.41) is 17.7. The van der Waals surface area contributed by atoms with Crippen LogP contribution in [0.5, 0.6) is 0 Å². The maximum atomic E-state index is 12.1. The van der Waals surface area contributed by atoms with E-state index in [-0.39, 0.29) is 18.4 Å². The first-order valence-corrected chi connectivity index (χ1v) is 7.68. The Hall–Kier alpha value is -1.81. The van der Waals surface area contributed by atoms with Crippen LogP contribution in [0.1, 0.15) is 22.5 Å². The predicted octanol–water partition coefficient (Wildman–Crippen LogP) is 0.783. The van der Waals surface area contributed by atoms with Crippen LogP contribution in [-0.2, 0) is 16.5 Å². The summed E-state index contributed by atoms with van der Waals surface area (Å²) in [6, 6.07) is 0. The molecule has 0 bridgehead atoms. The van der Waals surface area contributed by atoms with Crippen molar-refractivity contribution in [2.75, 3.05) is 25.1 Å². The molecule has 3 rings (SSSR count). The Balaban J connectivity index is 1.75. The van der Waals surface area contributed by atoms with Gasteiger partial charge in [0.05, 0.1) is 37.2 Å². The summed E-state index contributed by atoms with van der Waals surface area (Å²) in [4.78, 5) is 16.1. The van der Waals surface area contributed by atoms with Crippen molar-refractivity contribution in [3.63, 3.8) is 0 Å². The van der Waals surface area contributed by atoms with Crippen LogP contribution in [0.25, 0.3) is 0 Å². The summed E-state index contributed by atoms with van der Waals surface area (Å²) in [6.07, 6.45) is 0.922. The van der Waals surface area contributed by atoms with Gasteiger partial charge in [0.15, 0.2) is 0 Å². The second-order valence-corrected chi connectivity index (χ2v) is 5.66. The predicted molar refractivity (Wildman–Crippen MR) is 78.5 cm³/mol. The van der Waals surface area contributed by atoms with E-state index in [4.69, 9.17) is 14.6 Å². The summed E-state index contributed by atoms with van der Waals surface area (Å²) >= 11 is 1.35. The first-order valence-electron chi connectivity index (χ1n) is 6.74. The van der Waals surface area contributed by atoms with Gasteiger partial charge in [0, 0.05) is 18.3 Å². The van der Waals surface area contributed by atoms with Crippen LogP contribution < -0.4 is 5.32 Å². The van der Waals surface area contributed by atoms with Gasteiger partial charge in [-0.1, -0.05) is 0 Å². The fourth-order valence-corrected chi connectivity index (χ4v) is 2.67. The zero-order valence-electron chi connectivity index (χ0n) is 11.9. The third kappa shape index (κ3) is 3.02. The zero-order valence-corrected chi connectivity index (χ0v) is 12.7. The van der Waals surface area contributed by atoms with Crippen molar-refractivity contribution in [1.29, 1.82) is 0 Å². The van der Waals surface area contributed by atoms with Gasteiger partial charge in [0.25, 0.3) is 5.91 Å². The van der Waals surface area contributed by atoms with E-state index >= 15 is 0 Å². The van der Waals surface area contributed by atoms with E-state index in [1.54, 1.807) is 28.8 Å². The summed E-state index contributed by atoms with van der Waals surface area (Å²) in [5.74, 6) is -0.336. The summed E-state index contributed by atoms with van der Waals surface area (Å²) in [7, 11) is 1.75. The van der Waals surface area contributed by atoms with Gasteiger partial charge in [-0.2, -0.15) is 5.10 Å². The molecule has 1 aliphatic rings. The number of amides is 1. The molecule has 0 atom stereocenters. The van der Waals surface area contributed by atoms with Gasteiger partial charge in [-0.3, -0.25) is 9.48 Å². The average molecular weight is 324 g/mol. The minimum absolute atomic E-state index is 0.0194. The van der Waals surface area contributed by atoms with Crippen molar-refractivity contribution in [2.45, 2.75) is 6.29 Å². The molecule has 9 heteroatoms. The molecule has 2 N–H and O–H groups in total. The largest absolute Gasteiger partial charge is 0.396 e. The highest BCUT2D eigenvalue weighted by Crippen LogP contribution is 2.30. The number of ether oxygens (including phenoxy) is 2. The number of carbonyl (C=O) groups excluding carboxylic acids is 1. The van der Waals surface area contributed by atoms with Crippen molar-refractivity contribution in [2.24, 2.45) is 13.0 Å². The number of aliphatic hydroxyl groups is 1. The summed E-state index contributed by atoms with van der Waals surface area (Å²) in [6.45, 7) is 0.809. The van der Waals surface area contributed by atoms with Gasteiger partial charge < -0.3 is 19.9 Å². The Morgan fingerprint density at radius 3 is 2.95 bits per heavy atom. The quantitative estimate of drug-likeness (QED) is 0.862. The van der Waals surface area contributed by atoms with Crippen LogP contribution in [-0.4, -0.2) is 45.6 Å². The Morgan fingerprint density at radius 1 is 1.55 bits per heavy atom. The maximum Gasteiger partial charge on any atom is 0.275 e. The number of nitrogens with zero attached hydrogens (tertiary/aromatic N) is 3. The minimum Gasteiger partial charge on any atom is -0.396 e. The van der Waals surface area contributed by atoms with Crippen LogP contribution in [0, 0.1) is 5.92 Å². The number of thiazole rings is 1. The van der Waals surface area contributed by atoms with Crippen molar-refractivity contribution in [3.05, 3.63) is 28.5 Å². The number of aryl methyl sites for hydroxylation is 1. The molecule has 0 aliphatic carbocycles. The van der Waals surface area contributed by atoms with E-state index < -0.39 is 6.29 Å². The average Bonchev–Trinajstić information content (AvgIpc) is 3.18. The fourth-order valence-electron chi connectivity index (χ4n) is 2.14. The number of aromatic nitrogens is 3. The highest BCUT2D eigenvalue weighted by molar-refractivity contribution is 7.07. The number of anilines is 1. The molecule has 1 fully saturated rings. The third-order valence-corrected chi connectivity index (χ3v) is 3.93. The molecule has 0 aromatic carbocycles. The van der Waals surface area contributed by atoms with Gasteiger partial charge in [-0.05, 0) is 0 Å². The van der Waals surface area contributed by atoms with Crippen LogP contribution in [0.2, 0.25) is 0 Å². The van der Waals surface area contributed by atoms with Crippen LogP contribution in [0.15, 0.2) is 17.1 Å². The fraction of sp³-hybridized carbons (Fsp3) is 0.462. The van der Waals surface area contributed by atoms with Crippen LogP contribution in [0.3, 0.4) is 0 Å². The minimum atomic E-state index is -0.624. The number of carbonyl (C=O) groups is 1. The van der Waals surface area contributed by atoms with Crippen molar-refractivity contribution >= 4 is 22.9 Å². The Kier molecular flexibility index (Phi) is 4.48. The van der Waals surface area contributed by atoms with Crippen molar-refractivity contribution < 1.29 is 19.4 Å². The molecule has 0 unspecified atom stereocenters. The maximum absolute atomic E-state index is 12.1. The number of aliphatic hydroxyl groups excluding tert-OH is 1. The second-order valence-electron chi connectivity index (χ2n) is 4.94. The highest BCUT2D eigenvalue weighted by atomic mass is 32.1. The lowest BCUT2D eigenvalue weighted by molar-refractivity contribution is -0.212. The number of nitrogens with one attached hydrogen (secondary N) is 1. The lowest BCUT2D eigenvalue weighted by Crippen LogP contribution is -2.30. The molecule has 3 heterocycles. The van der Waals surface area contributed by atoms with Gasteiger partial charge in [0.2, 0.25) is 6.29 Å². The van der Waals surface area contributed by atoms with Crippen LogP contribution >= 0.6 is 11.3 Å². The second kappa shape index (κ2) is 6.53. The Morgan fingerprint density at radius 2 is 2.32 bits per heavy atom. The third-order valence-electron chi connectivity index (χ3n) is 3.35. The molecule has 0 radical (unpaired) electrons. The standard InChI is InChI=1S/C13H16N4O4S/c1-17-11(13-20-4-8(3-18)5-21-13)9(2-15-17)16-12(19)10-6-22-7-14-10/h2,6-8,13,18H,3-5H2,1H3,(H,16,19). The molecule has 118 valence electrons. The van der Waals surface area contributed by atoms with Crippen molar-refractivity contribution in [1.82, 2.24) is 14.8 Å². The van der Waals surface area contributed by atoms with Crippen LogP contribution in [0.4, 0.5) is 5.69 Å². The summed E-state index contributed by atoms with van der Waals surface area (Å²) < 4.78 is 12.8. The lowest BCUT2D eigenvalue weighted by atomic mass is 10.2. The SMILES string of the molecule is Cn1ncc(NC(=O)c2cscn2)c1C1OCC(CO)CO1. The van der Waals surface area contributed by atoms with Crippen molar-refractivity contribution in [3.8, 4) is 0 Å². The molecule has 22 heavy (non-hydrogen) atoms. The molecule has 1 amide bonds. The topological polar surface area (TPSA) is 98.5 Å². The van der Waals surface area contributed by atoms with Gasteiger partial charge in [0.1, 0.15) is 11.4 Å². The molecule has 0 spiro atoms. The number of hydrogen-bond acceptors (Lipinski definition) is 7. The summed E-state index contributed by atoms with van der Waals surface area (Å²) in [5.41, 5.74) is 3.10. The van der Waals surface area contributed by atoms with Gasteiger partial charge in [-0.15, -0.1) is 11.3 Å². The van der Waals surface area contributed by atoms with E-state index in [2.05, 4.69) is 15.4 Å². The molecule has 2 aromatic heterocycles. The monoisotopic (exact) mass is 324 g/mol. The molecule has 1 saturated heterocycles. The molecule has 1 aliphatic heterocycles. The first kappa shape index (κ1) is 15.1. The molecular formula is C13H16N4O4S. The number of hydrogen-bond donors (Lipinski definition) is 2. The van der Waals surface area contributed by atoms with E-state index in [0.717, 1.165) is 0 Å². The van der Waals surface area contributed by atoms with Gasteiger partial charge in [-0.25, -0.2) is 4.98 Å². The molecule has 0 saturated carbocycles. The van der Waals surface area contributed by atoms with E-state index in [9.17, 15) is 4.79 Å². The first-order chi connectivity index (χ1) is 10.7. The smallest absolute Gasteiger partial charge is 0.275 e. The molecule has 2 aromatic rings. The van der Waals surface area contributed by atoms with E-state index in [0.29, 0.717) is 30.3 Å². The van der Waals surface area contributed by atoms with E-state index in [1.807, 2.05) is 0 Å². The lowest BCUT2D eigenvalue weighted by Gasteiger charge is -2.28. The van der Waals surface area contributed by atoms with E-state index in [1.165, 1.54) is 11.3 Å². The van der Waals surface area contributed by atoms with Gasteiger partial charge >= 0.3 is 0 Å². The Bertz CT molecular complexity index is 635. The zero-order chi connectivity index (χ0) is 15.5.